The van der Waals surface area contributed by atoms with Crippen molar-refractivity contribution in [1.29, 1.82) is 0 Å². The highest BCUT2D eigenvalue weighted by molar-refractivity contribution is 8.00. The third-order valence-corrected chi connectivity index (χ3v) is 3.53. The van der Waals surface area contributed by atoms with Crippen molar-refractivity contribution >= 4 is 23.5 Å². The number of Topliss-reactive ketones (excluding diaryl/α,β-unsaturated/α-hetero) is 1. The first kappa shape index (κ1) is 13.3. The van der Waals surface area contributed by atoms with Crippen LogP contribution in [0.5, 0.6) is 0 Å². The maximum atomic E-state index is 11.9. The Morgan fingerprint density at radius 1 is 1.16 bits per heavy atom. The third-order valence-electron chi connectivity index (χ3n) is 2.46. The van der Waals surface area contributed by atoms with Crippen LogP contribution < -0.4 is 0 Å². The van der Waals surface area contributed by atoms with Gasteiger partial charge in [0.1, 0.15) is 0 Å². The van der Waals surface area contributed by atoms with Crippen molar-refractivity contribution in [2.45, 2.75) is 4.90 Å². The van der Waals surface area contributed by atoms with E-state index in [1.165, 1.54) is 24.0 Å². The molecule has 1 aromatic heterocycles. The summed E-state index contributed by atoms with van der Waals surface area (Å²) in [4.78, 5) is 27.4. The second-order valence-corrected chi connectivity index (χ2v) is 4.77. The van der Waals surface area contributed by atoms with E-state index in [1.54, 1.807) is 36.5 Å². The summed E-state index contributed by atoms with van der Waals surface area (Å²) >= 11 is 1.22. The van der Waals surface area contributed by atoms with Gasteiger partial charge in [-0.3, -0.25) is 9.78 Å². The van der Waals surface area contributed by atoms with E-state index in [9.17, 15) is 9.59 Å². The number of aromatic carboxylic acids is 1. The number of aromatic nitrogens is 1. The second kappa shape index (κ2) is 6.15. The number of rotatable bonds is 5. The Balaban J connectivity index is 2.07. The number of carboxylic acid groups (broad SMARTS) is 1. The molecule has 1 N–H and O–H groups in total. The molecule has 0 aliphatic carbocycles. The zero-order valence-electron chi connectivity index (χ0n) is 9.95. The van der Waals surface area contributed by atoms with Crippen LogP contribution in [0.25, 0.3) is 0 Å². The van der Waals surface area contributed by atoms with Crippen LogP contribution in [-0.2, 0) is 0 Å². The molecule has 1 aromatic carbocycles. The number of thioether (sulfide) groups is 1. The molecule has 0 spiro atoms. The third kappa shape index (κ3) is 3.42. The molecule has 1 heterocycles. The van der Waals surface area contributed by atoms with Crippen molar-refractivity contribution in [2.75, 3.05) is 5.75 Å². The zero-order chi connectivity index (χ0) is 13.7. The number of carbonyl (C=O) groups excluding carboxylic acids is 1. The standard InChI is InChI=1S/C14H11NO3S/c16-12(10-4-3-7-15-8-10)9-19-13-6-2-1-5-11(13)14(17)18/h1-8H,9H2,(H,17,18). The summed E-state index contributed by atoms with van der Waals surface area (Å²) in [6.45, 7) is 0. The molecule has 0 aliphatic rings. The Hall–Kier alpha value is -2.14. The normalized spacial score (nSPS) is 10.1. The number of carboxylic acids is 1. The zero-order valence-corrected chi connectivity index (χ0v) is 10.8. The van der Waals surface area contributed by atoms with Crippen LogP contribution in [0, 0.1) is 0 Å². The SMILES string of the molecule is O=C(CSc1ccccc1C(=O)O)c1cccnc1. The van der Waals surface area contributed by atoms with Crippen LogP contribution in [0.15, 0.2) is 53.7 Å². The highest BCUT2D eigenvalue weighted by atomic mass is 32.2. The Morgan fingerprint density at radius 3 is 2.63 bits per heavy atom. The highest BCUT2D eigenvalue weighted by Crippen LogP contribution is 2.23. The van der Waals surface area contributed by atoms with Crippen LogP contribution in [0.3, 0.4) is 0 Å². The monoisotopic (exact) mass is 273 g/mol. The number of pyridine rings is 1. The van der Waals surface area contributed by atoms with E-state index in [1.807, 2.05) is 0 Å². The summed E-state index contributed by atoms with van der Waals surface area (Å²) in [5.74, 6) is -0.870. The maximum absolute atomic E-state index is 11.9. The highest BCUT2D eigenvalue weighted by Gasteiger charge is 2.12. The Labute approximate surface area is 114 Å². The molecule has 0 amide bonds. The molecule has 0 radical (unpaired) electrons. The van der Waals surface area contributed by atoms with Gasteiger partial charge < -0.3 is 5.11 Å². The number of hydrogen-bond acceptors (Lipinski definition) is 4. The molecule has 0 atom stereocenters. The molecule has 5 heteroatoms. The van der Waals surface area contributed by atoms with E-state index in [0.29, 0.717) is 10.5 Å². The summed E-state index contributed by atoms with van der Waals surface area (Å²) in [6, 6.07) is 10.0. The minimum Gasteiger partial charge on any atom is -0.478 e. The van der Waals surface area contributed by atoms with Crippen LogP contribution in [0.4, 0.5) is 0 Å². The average Bonchev–Trinajstić information content (AvgIpc) is 2.46. The Kier molecular flexibility index (Phi) is 4.30. The van der Waals surface area contributed by atoms with E-state index in [4.69, 9.17) is 5.11 Å². The van der Waals surface area contributed by atoms with Crippen LogP contribution >= 0.6 is 11.8 Å². The van der Waals surface area contributed by atoms with Crippen LogP contribution in [0.2, 0.25) is 0 Å². The molecule has 2 aromatic rings. The van der Waals surface area contributed by atoms with Crippen LogP contribution in [0.1, 0.15) is 20.7 Å². The minimum atomic E-state index is -0.989. The molecule has 0 fully saturated rings. The van der Waals surface area contributed by atoms with Gasteiger partial charge in [-0.15, -0.1) is 11.8 Å². The predicted octanol–water partition coefficient (Wildman–Crippen LogP) is 2.75. The van der Waals surface area contributed by atoms with E-state index in [2.05, 4.69) is 4.98 Å². The fourth-order valence-corrected chi connectivity index (χ4v) is 2.46. The van der Waals surface area contributed by atoms with Gasteiger partial charge in [0.2, 0.25) is 0 Å². The van der Waals surface area contributed by atoms with Crippen molar-refractivity contribution in [2.24, 2.45) is 0 Å². The first-order valence-electron chi connectivity index (χ1n) is 5.57. The molecule has 96 valence electrons. The molecular formula is C14H11NO3S. The van der Waals surface area contributed by atoms with Gasteiger partial charge in [0.25, 0.3) is 0 Å². The van der Waals surface area contributed by atoms with Crippen molar-refractivity contribution in [3.05, 3.63) is 59.9 Å². The summed E-state index contributed by atoms with van der Waals surface area (Å²) in [7, 11) is 0. The second-order valence-electron chi connectivity index (χ2n) is 3.75. The van der Waals surface area contributed by atoms with Gasteiger partial charge in [0, 0.05) is 22.9 Å². The number of ketones is 1. The van der Waals surface area contributed by atoms with Gasteiger partial charge >= 0.3 is 5.97 Å². The molecule has 0 bridgehead atoms. The van der Waals surface area contributed by atoms with Gasteiger partial charge in [-0.1, -0.05) is 12.1 Å². The Morgan fingerprint density at radius 2 is 1.95 bits per heavy atom. The van der Waals surface area contributed by atoms with E-state index >= 15 is 0 Å². The summed E-state index contributed by atoms with van der Waals surface area (Å²) in [6.07, 6.45) is 3.11. The number of carbonyl (C=O) groups is 2. The summed E-state index contributed by atoms with van der Waals surface area (Å²) in [5, 5.41) is 9.04. The first-order chi connectivity index (χ1) is 9.18. The molecule has 0 unspecified atom stereocenters. The topological polar surface area (TPSA) is 67.3 Å². The summed E-state index contributed by atoms with van der Waals surface area (Å²) in [5.41, 5.74) is 0.745. The fourth-order valence-electron chi connectivity index (χ4n) is 1.52. The molecule has 0 aliphatic heterocycles. The minimum absolute atomic E-state index is 0.0710. The van der Waals surface area contributed by atoms with Gasteiger partial charge in [0.15, 0.2) is 5.78 Å². The van der Waals surface area contributed by atoms with Gasteiger partial charge in [-0.25, -0.2) is 4.79 Å². The lowest BCUT2D eigenvalue weighted by atomic mass is 10.2. The number of hydrogen-bond donors (Lipinski definition) is 1. The van der Waals surface area contributed by atoms with Gasteiger partial charge in [-0.2, -0.15) is 0 Å². The molecule has 0 saturated carbocycles. The van der Waals surface area contributed by atoms with Crippen molar-refractivity contribution in [3.8, 4) is 0 Å². The molecule has 2 rings (SSSR count). The molecule has 4 nitrogen and oxygen atoms in total. The quantitative estimate of drug-likeness (QED) is 0.670. The maximum Gasteiger partial charge on any atom is 0.336 e. The fraction of sp³-hybridized carbons (Fsp3) is 0.0714. The lowest BCUT2D eigenvalue weighted by Gasteiger charge is -2.04. The number of nitrogens with zero attached hydrogens (tertiary/aromatic N) is 1. The Bertz CT molecular complexity index is 599. The van der Waals surface area contributed by atoms with E-state index < -0.39 is 5.97 Å². The van der Waals surface area contributed by atoms with Crippen molar-refractivity contribution in [1.82, 2.24) is 4.98 Å². The summed E-state index contributed by atoms with van der Waals surface area (Å²) < 4.78 is 0. The van der Waals surface area contributed by atoms with Crippen molar-refractivity contribution in [3.63, 3.8) is 0 Å². The van der Waals surface area contributed by atoms with Gasteiger partial charge in [-0.05, 0) is 24.3 Å². The lowest BCUT2D eigenvalue weighted by molar-refractivity contribution is 0.0692. The molecular weight excluding hydrogens is 262 g/mol. The smallest absolute Gasteiger partial charge is 0.336 e. The average molecular weight is 273 g/mol. The lowest BCUT2D eigenvalue weighted by Crippen LogP contribution is -2.04. The largest absolute Gasteiger partial charge is 0.478 e. The first-order valence-corrected chi connectivity index (χ1v) is 6.55. The molecule has 0 saturated heterocycles. The van der Waals surface area contributed by atoms with Gasteiger partial charge in [0.05, 0.1) is 11.3 Å². The van der Waals surface area contributed by atoms with E-state index in [-0.39, 0.29) is 17.1 Å². The van der Waals surface area contributed by atoms with Crippen molar-refractivity contribution < 1.29 is 14.7 Å². The number of benzene rings is 1. The predicted molar refractivity (Wildman–Crippen MR) is 72.7 cm³/mol. The molecule has 19 heavy (non-hydrogen) atoms. The van der Waals surface area contributed by atoms with Crippen LogP contribution in [-0.4, -0.2) is 27.6 Å². The van der Waals surface area contributed by atoms with E-state index in [0.717, 1.165) is 0 Å².